The molecule has 0 aliphatic rings. The lowest BCUT2D eigenvalue weighted by molar-refractivity contribution is 0.0996. The van der Waals surface area contributed by atoms with Crippen LogP contribution in [0.1, 0.15) is 10.6 Å². The average Bonchev–Trinajstić information content (AvgIpc) is 3.24. The van der Waals surface area contributed by atoms with Gasteiger partial charge in [0.15, 0.2) is 5.76 Å². The number of hydrogen-bond donors (Lipinski definition) is 1. The fraction of sp³-hybridized carbons (Fsp3) is 0. The van der Waals surface area contributed by atoms with Gasteiger partial charge in [-0.2, -0.15) is 0 Å². The van der Waals surface area contributed by atoms with Gasteiger partial charge in [-0.05, 0) is 18.2 Å². The van der Waals surface area contributed by atoms with Gasteiger partial charge in [0, 0.05) is 18.0 Å². The van der Waals surface area contributed by atoms with Crippen molar-refractivity contribution in [2.24, 2.45) is 0 Å². The first-order chi connectivity index (χ1) is 11.3. The van der Waals surface area contributed by atoms with E-state index in [2.05, 4.69) is 15.3 Å². The maximum absolute atomic E-state index is 12.3. The fourth-order valence-electron chi connectivity index (χ4n) is 2.38. The summed E-state index contributed by atoms with van der Waals surface area (Å²) < 4.78 is 6.88. The zero-order valence-electron chi connectivity index (χ0n) is 12.0. The smallest absolute Gasteiger partial charge is 0.292 e. The minimum absolute atomic E-state index is 0.239. The van der Waals surface area contributed by atoms with E-state index in [1.54, 1.807) is 35.0 Å². The quantitative estimate of drug-likeness (QED) is 0.630. The van der Waals surface area contributed by atoms with Gasteiger partial charge in [0.2, 0.25) is 5.78 Å². The normalized spacial score (nSPS) is 10.8. The highest BCUT2D eigenvalue weighted by atomic mass is 16.3. The van der Waals surface area contributed by atoms with E-state index in [9.17, 15) is 4.79 Å². The number of hydrogen-bond acceptors (Lipinski definition) is 4. The Balaban J connectivity index is 1.85. The minimum atomic E-state index is -0.335. The first kappa shape index (κ1) is 13.3. The van der Waals surface area contributed by atoms with Crippen molar-refractivity contribution in [2.75, 3.05) is 5.32 Å². The molecule has 6 heteroatoms. The van der Waals surface area contributed by atoms with E-state index in [1.165, 1.54) is 6.26 Å². The number of carbonyl (C=O) groups excluding carboxylic acids is 1. The van der Waals surface area contributed by atoms with Crippen LogP contribution in [0.25, 0.3) is 17.0 Å². The van der Waals surface area contributed by atoms with Crippen LogP contribution in [0.5, 0.6) is 0 Å². The van der Waals surface area contributed by atoms with Crippen LogP contribution < -0.4 is 5.32 Å². The Morgan fingerprint density at radius 1 is 1.09 bits per heavy atom. The summed E-state index contributed by atoms with van der Waals surface area (Å²) in [6, 6.07) is 14.7. The predicted octanol–water partition coefficient (Wildman–Crippen LogP) is 3.24. The molecule has 112 valence electrons. The maximum Gasteiger partial charge on any atom is 0.292 e. The van der Waals surface area contributed by atoms with Gasteiger partial charge < -0.3 is 9.73 Å². The van der Waals surface area contributed by atoms with Crippen LogP contribution >= 0.6 is 0 Å². The molecule has 3 aromatic heterocycles. The first-order valence-corrected chi connectivity index (χ1v) is 7.06. The lowest BCUT2D eigenvalue weighted by Gasteiger charge is -2.06. The Kier molecular flexibility index (Phi) is 3.12. The van der Waals surface area contributed by atoms with Crippen LogP contribution in [0, 0.1) is 0 Å². The van der Waals surface area contributed by atoms with Crippen LogP contribution in [0.4, 0.5) is 5.82 Å². The molecule has 0 spiro atoms. The third-order valence-corrected chi connectivity index (χ3v) is 3.43. The van der Waals surface area contributed by atoms with Gasteiger partial charge in [0.05, 0.1) is 6.26 Å². The van der Waals surface area contributed by atoms with E-state index in [1.807, 2.05) is 30.3 Å². The number of fused-ring (bicyclic) bond motifs is 1. The molecule has 0 unspecified atom stereocenters. The summed E-state index contributed by atoms with van der Waals surface area (Å²) in [5.74, 6) is 0.975. The molecule has 0 atom stereocenters. The number of nitrogens with one attached hydrogen (secondary N) is 1. The molecule has 0 saturated heterocycles. The molecule has 0 saturated carbocycles. The third-order valence-electron chi connectivity index (χ3n) is 3.43. The molecule has 0 fully saturated rings. The van der Waals surface area contributed by atoms with Gasteiger partial charge in [-0.1, -0.05) is 30.3 Å². The molecule has 1 N–H and O–H groups in total. The molecule has 0 bridgehead atoms. The van der Waals surface area contributed by atoms with E-state index < -0.39 is 0 Å². The van der Waals surface area contributed by atoms with E-state index >= 15 is 0 Å². The number of carbonyl (C=O) groups is 1. The average molecular weight is 304 g/mol. The first-order valence-electron chi connectivity index (χ1n) is 7.06. The third kappa shape index (κ3) is 2.36. The number of furan rings is 1. The van der Waals surface area contributed by atoms with Crippen LogP contribution in [-0.4, -0.2) is 20.3 Å². The number of rotatable bonds is 3. The highest BCUT2D eigenvalue weighted by Gasteiger charge is 2.18. The Bertz CT molecular complexity index is 959. The molecule has 3 heterocycles. The summed E-state index contributed by atoms with van der Waals surface area (Å²) in [7, 11) is 0. The monoisotopic (exact) mass is 304 g/mol. The minimum Gasteiger partial charge on any atom is -0.459 e. The predicted molar refractivity (Wildman–Crippen MR) is 85.1 cm³/mol. The van der Waals surface area contributed by atoms with Gasteiger partial charge in [0.1, 0.15) is 11.5 Å². The molecule has 1 aromatic carbocycles. The maximum atomic E-state index is 12.3. The number of benzene rings is 1. The lowest BCUT2D eigenvalue weighted by atomic mass is 10.1. The zero-order valence-corrected chi connectivity index (χ0v) is 12.0. The zero-order chi connectivity index (χ0) is 15.6. The van der Waals surface area contributed by atoms with Crippen LogP contribution in [0.15, 0.2) is 71.6 Å². The molecule has 0 radical (unpaired) electrons. The Labute approximate surface area is 131 Å². The molecule has 4 rings (SSSR count). The van der Waals surface area contributed by atoms with Crippen LogP contribution in [0.3, 0.4) is 0 Å². The summed E-state index contributed by atoms with van der Waals surface area (Å²) >= 11 is 0. The summed E-state index contributed by atoms with van der Waals surface area (Å²) in [5, 5.41) is 2.86. The van der Waals surface area contributed by atoms with Crippen LogP contribution in [0.2, 0.25) is 0 Å². The Morgan fingerprint density at radius 3 is 2.74 bits per heavy atom. The highest BCUT2D eigenvalue weighted by molar-refractivity contribution is 6.03. The van der Waals surface area contributed by atoms with Gasteiger partial charge in [-0.15, -0.1) is 0 Å². The topological polar surface area (TPSA) is 72.4 Å². The number of nitrogens with zero attached hydrogens (tertiary/aromatic N) is 3. The molecule has 6 nitrogen and oxygen atoms in total. The lowest BCUT2D eigenvalue weighted by Crippen LogP contribution is -2.13. The second kappa shape index (κ2) is 5.42. The van der Waals surface area contributed by atoms with E-state index in [0.29, 0.717) is 17.3 Å². The Morgan fingerprint density at radius 2 is 1.96 bits per heavy atom. The molecular formula is C17H12N4O2. The van der Waals surface area contributed by atoms with Gasteiger partial charge >= 0.3 is 0 Å². The largest absolute Gasteiger partial charge is 0.459 e. The Hall–Kier alpha value is -3.41. The van der Waals surface area contributed by atoms with Crippen molar-refractivity contribution in [3.05, 3.63) is 72.9 Å². The van der Waals surface area contributed by atoms with Gasteiger partial charge in [-0.3, -0.25) is 9.20 Å². The van der Waals surface area contributed by atoms with Crippen molar-refractivity contribution >= 4 is 17.5 Å². The van der Waals surface area contributed by atoms with Crippen molar-refractivity contribution in [1.82, 2.24) is 14.4 Å². The van der Waals surface area contributed by atoms with Crippen molar-refractivity contribution in [3.63, 3.8) is 0 Å². The van der Waals surface area contributed by atoms with E-state index in [4.69, 9.17) is 4.42 Å². The molecular weight excluding hydrogens is 292 g/mol. The van der Waals surface area contributed by atoms with Crippen molar-refractivity contribution < 1.29 is 9.21 Å². The molecule has 0 aliphatic carbocycles. The molecule has 1 amide bonds. The second-order valence-corrected chi connectivity index (χ2v) is 4.90. The summed E-state index contributed by atoms with van der Waals surface area (Å²) in [6.07, 6.45) is 4.93. The highest BCUT2D eigenvalue weighted by Crippen LogP contribution is 2.28. The van der Waals surface area contributed by atoms with Crippen molar-refractivity contribution in [3.8, 4) is 11.3 Å². The standard InChI is InChI=1S/C17H12N4O2/c22-16(13-8-4-11-23-13)20-15-14(12-6-2-1-3-7-12)19-17-18-9-5-10-21(15)17/h1-11H,(H,20,22). The second-order valence-electron chi connectivity index (χ2n) is 4.90. The summed E-state index contributed by atoms with van der Waals surface area (Å²) in [4.78, 5) is 21.1. The molecule has 0 aliphatic heterocycles. The van der Waals surface area contributed by atoms with Gasteiger partial charge in [0.25, 0.3) is 5.91 Å². The number of amides is 1. The van der Waals surface area contributed by atoms with Crippen LogP contribution in [-0.2, 0) is 0 Å². The molecule has 4 aromatic rings. The summed E-state index contributed by atoms with van der Waals surface area (Å²) in [6.45, 7) is 0. The number of anilines is 1. The van der Waals surface area contributed by atoms with Gasteiger partial charge in [-0.25, -0.2) is 9.97 Å². The van der Waals surface area contributed by atoms with E-state index in [-0.39, 0.29) is 11.7 Å². The number of imidazole rings is 1. The van der Waals surface area contributed by atoms with E-state index in [0.717, 1.165) is 5.56 Å². The van der Waals surface area contributed by atoms with Crippen molar-refractivity contribution in [1.29, 1.82) is 0 Å². The fourth-order valence-corrected chi connectivity index (χ4v) is 2.38. The van der Waals surface area contributed by atoms with Crippen molar-refractivity contribution in [2.45, 2.75) is 0 Å². The number of aromatic nitrogens is 3. The SMILES string of the molecule is O=C(Nc1c(-c2ccccc2)nc2ncccn12)c1ccco1. The molecule has 23 heavy (non-hydrogen) atoms. The summed E-state index contributed by atoms with van der Waals surface area (Å²) in [5.41, 5.74) is 1.55.